The fourth-order valence-corrected chi connectivity index (χ4v) is 0.698. The van der Waals surface area contributed by atoms with E-state index < -0.39 is 0 Å². The molecule has 0 N–H and O–H groups in total. The van der Waals surface area contributed by atoms with Crippen LogP contribution < -0.4 is 0 Å². The number of ether oxygens (including phenoxy) is 1. The summed E-state index contributed by atoms with van der Waals surface area (Å²) in [4.78, 5) is 0. The first-order chi connectivity index (χ1) is 3.39. The highest BCUT2D eigenvalue weighted by atomic mass is 16.5. The summed E-state index contributed by atoms with van der Waals surface area (Å²) in [5.41, 5.74) is 0. The van der Waals surface area contributed by atoms with Gasteiger partial charge in [-0.05, 0) is 25.7 Å². The predicted molar refractivity (Wildman–Crippen MR) is 26.8 cm³/mol. The molecule has 1 aliphatic rings. The van der Waals surface area contributed by atoms with Gasteiger partial charge in [0, 0.05) is 13.2 Å². The molecule has 1 heteroatoms. The van der Waals surface area contributed by atoms with Gasteiger partial charge in [0.1, 0.15) is 0 Å². The number of rotatable bonds is 0. The molecule has 0 atom stereocenters. The standard InChI is InChI=1S/C6H9O/c1-6-2-4-7-5-3-6/h6H,2-5H2. The molecule has 7 heavy (non-hydrogen) atoms. The van der Waals surface area contributed by atoms with E-state index in [0.717, 1.165) is 26.1 Å². The van der Waals surface area contributed by atoms with E-state index in [1.165, 1.54) is 0 Å². The fraction of sp³-hybridized carbons (Fsp3) is 0.833. The van der Waals surface area contributed by atoms with E-state index in [1.54, 1.807) is 0 Å². The lowest BCUT2D eigenvalue weighted by Gasteiger charge is -2.16. The summed E-state index contributed by atoms with van der Waals surface area (Å²) < 4.78 is 5.02. The van der Waals surface area contributed by atoms with Crippen molar-refractivity contribution in [2.75, 3.05) is 13.2 Å². The smallest absolute Gasteiger partial charge is 0.0468 e. The first-order valence-corrected chi connectivity index (χ1v) is 2.68. The van der Waals surface area contributed by atoms with Gasteiger partial charge in [0.2, 0.25) is 0 Å². The third kappa shape index (κ3) is 1.48. The molecule has 0 amide bonds. The van der Waals surface area contributed by atoms with Gasteiger partial charge >= 0.3 is 0 Å². The van der Waals surface area contributed by atoms with Crippen molar-refractivity contribution in [3.05, 3.63) is 6.92 Å². The second kappa shape index (κ2) is 2.31. The zero-order valence-corrected chi connectivity index (χ0v) is 4.31. The summed E-state index contributed by atoms with van der Waals surface area (Å²) in [6.07, 6.45) is 1.86. The summed E-state index contributed by atoms with van der Waals surface area (Å²) in [5.74, 6) is 0.161. The SMILES string of the molecule is [C]C1CCOCC1. The Balaban J connectivity index is 2.12. The molecule has 0 aromatic carbocycles. The highest BCUT2D eigenvalue weighted by molar-refractivity contribution is 4.63. The van der Waals surface area contributed by atoms with Crippen LogP contribution in [-0.2, 0) is 4.74 Å². The Hall–Kier alpha value is -0.0400. The third-order valence-corrected chi connectivity index (χ3v) is 1.22. The molecule has 39 valence electrons. The van der Waals surface area contributed by atoms with E-state index in [2.05, 4.69) is 0 Å². The van der Waals surface area contributed by atoms with Crippen LogP contribution in [0.4, 0.5) is 0 Å². The molecule has 1 fully saturated rings. The van der Waals surface area contributed by atoms with Crippen LogP contribution in [0.1, 0.15) is 12.8 Å². The Morgan fingerprint density at radius 2 is 1.86 bits per heavy atom. The van der Waals surface area contributed by atoms with Crippen molar-refractivity contribution in [3.63, 3.8) is 0 Å². The average Bonchev–Trinajstić information content (AvgIpc) is 1.69. The van der Waals surface area contributed by atoms with Crippen LogP contribution >= 0.6 is 0 Å². The monoisotopic (exact) mass is 97.1 g/mol. The minimum Gasteiger partial charge on any atom is -0.381 e. The van der Waals surface area contributed by atoms with Crippen LogP contribution in [0.5, 0.6) is 0 Å². The van der Waals surface area contributed by atoms with Gasteiger partial charge in [-0.25, -0.2) is 0 Å². The van der Waals surface area contributed by atoms with Gasteiger partial charge in [-0.3, -0.25) is 0 Å². The summed E-state index contributed by atoms with van der Waals surface area (Å²) in [6.45, 7) is 8.79. The van der Waals surface area contributed by atoms with Crippen LogP contribution in [0, 0.1) is 12.8 Å². The molecule has 1 nitrogen and oxygen atoms in total. The lowest BCUT2D eigenvalue weighted by molar-refractivity contribution is 0.0779. The molecule has 1 aliphatic heterocycles. The van der Waals surface area contributed by atoms with Crippen LogP contribution in [0.25, 0.3) is 0 Å². The molecule has 0 aliphatic carbocycles. The summed E-state index contributed by atoms with van der Waals surface area (Å²) in [7, 11) is 0. The zero-order chi connectivity index (χ0) is 5.11. The van der Waals surface area contributed by atoms with Gasteiger partial charge in [-0.15, -0.1) is 0 Å². The number of hydrogen-bond donors (Lipinski definition) is 0. The molecular formula is C6H9O. The highest BCUT2D eigenvalue weighted by Crippen LogP contribution is 2.11. The quantitative estimate of drug-likeness (QED) is 0.438. The average molecular weight is 97.1 g/mol. The Morgan fingerprint density at radius 1 is 1.29 bits per heavy atom. The van der Waals surface area contributed by atoms with Gasteiger partial charge in [0.15, 0.2) is 0 Å². The summed E-state index contributed by atoms with van der Waals surface area (Å²) in [5, 5.41) is 0. The van der Waals surface area contributed by atoms with Crippen molar-refractivity contribution in [2.24, 2.45) is 5.92 Å². The molecule has 1 rings (SSSR count). The lowest BCUT2D eigenvalue weighted by Crippen LogP contribution is -2.12. The molecule has 3 radical (unpaired) electrons. The van der Waals surface area contributed by atoms with Crippen LogP contribution in [0.2, 0.25) is 0 Å². The summed E-state index contributed by atoms with van der Waals surface area (Å²) >= 11 is 0. The molecule has 1 heterocycles. The van der Waals surface area contributed by atoms with Crippen LogP contribution in [-0.4, -0.2) is 13.2 Å². The normalized spacial score (nSPS) is 25.3. The van der Waals surface area contributed by atoms with E-state index in [1.807, 2.05) is 0 Å². The topological polar surface area (TPSA) is 9.23 Å². The maximum Gasteiger partial charge on any atom is 0.0468 e. The first-order valence-electron chi connectivity index (χ1n) is 2.68. The molecule has 0 saturated carbocycles. The second-order valence-electron chi connectivity index (χ2n) is 1.89. The first kappa shape index (κ1) is 5.10. The van der Waals surface area contributed by atoms with E-state index in [4.69, 9.17) is 11.7 Å². The van der Waals surface area contributed by atoms with Gasteiger partial charge in [0.25, 0.3) is 0 Å². The highest BCUT2D eigenvalue weighted by Gasteiger charge is 2.06. The molecule has 0 aromatic heterocycles. The minimum absolute atomic E-state index is 0.161. The Labute approximate surface area is 44.7 Å². The van der Waals surface area contributed by atoms with E-state index >= 15 is 0 Å². The molecule has 0 unspecified atom stereocenters. The van der Waals surface area contributed by atoms with Gasteiger partial charge in [0.05, 0.1) is 0 Å². The maximum atomic E-state index is 7.19. The van der Waals surface area contributed by atoms with Crippen molar-refractivity contribution < 1.29 is 4.74 Å². The lowest BCUT2D eigenvalue weighted by atomic mass is 10.0. The molecule has 0 spiro atoms. The summed E-state index contributed by atoms with van der Waals surface area (Å²) in [6, 6.07) is 0. The van der Waals surface area contributed by atoms with Crippen LogP contribution in [0.3, 0.4) is 0 Å². The van der Waals surface area contributed by atoms with Crippen molar-refractivity contribution in [3.8, 4) is 0 Å². The van der Waals surface area contributed by atoms with Crippen molar-refractivity contribution in [1.29, 1.82) is 0 Å². The van der Waals surface area contributed by atoms with Crippen LogP contribution in [0.15, 0.2) is 0 Å². The number of hydrogen-bond acceptors (Lipinski definition) is 1. The van der Waals surface area contributed by atoms with Crippen molar-refractivity contribution in [2.45, 2.75) is 12.8 Å². The Morgan fingerprint density at radius 3 is 2.14 bits per heavy atom. The zero-order valence-electron chi connectivity index (χ0n) is 4.31. The minimum atomic E-state index is 0.161. The predicted octanol–water partition coefficient (Wildman–Crippen LogP) is 1.00. The molecule has 0 aromatic rings. The Bertz CT molecular complexity index is 46.1. The van der Waals surface area contributed by atoms with E-state index in [0.29, 0.717) is 0 Å². The van der Waals surface area contributed by atoms with E-state index in [9.17, 15) is 0 Å². The molecular weight excluding hydrogens is 88.1 g/mol. The van der Waals surface area contributed by atoms with Crippen molar-refractivity contribution in [1.82, 2.24) is 0 Å². The van der Waals surface area contributed by atoms with Gasteiger partial charge in [-0.1, -0.05) is 0 Å². The maximum absolute atomic E-state index is 7.19. The van der Waals surface area contributed by atoms with Gasteiger partial charge in [-0.2, -0.15) is 0 Å². The fourth-order valence-electron chi connectivity index (χ4n) is 0.698. The second-order valence-corrected chi connectivity index (χ2v) is 1.89. The van der Waals surface area contributed by atoms with Crippen molar-refractivity contribution >= 4 is 0 Å². The Kier molecular flexibility index (Phi) is 1.69. The molecule has 1 saturated heterocycles. The van der Waals surface area contributed by atoms with E-state index in [-0.39, 0.29) is 5.92 Å². The molecule has 0 bridgehead atoms. The van der Waals surface area contributed by atoms with Gasteiger partial charge < -0.3 is 4.74 Å². The third-order valence-electron chi connectivity index (χ3n) is 1.22. The largest absolute Gasteiger partial charge is 0.381 e.